The molecule has 0 radical (unpaired) electrons. The zero-order chi connectivity index (χ0) is 15.4. The SMILES string of the molecule is CC(C)C1CCC(O)C(CN(C)Cc2ccc(Br)cc2)C1. The zero-order valence-electron chi connectivity index (χ0n) is 13.4. The number of aliphatic hydroxyl groups is 1. The molecule has 1 aromatic rings. The van der Waals surface area contributed by atoms with Gasteiger partial charge in [0.2, 0.25) is 0 Å². The van der Waals surface area contributed by atoms with E-state index in [1.807, 2.05) is 0 Å². The van der Waals surface area contributed by atoms with Crippen LogP contribution in [0.2, 0.25) is 0 Å². The zero-order valence-corrected chi connectivity index (χ0v) is 15.0. The highest BCUT2D eigenvalue weighted by Crippen LogP contribution is 2.34. The van der Waals surface area contributed by atoms with Crippen molar-refractivity contribution in [3.8, 4) is 0 Å². The van der Waals surface area contributed by atoms with Crippen LogP contribution in [0.5, 0.6) is 0 Å². The first-order valence-corrected chi connectivity index (χ1v) is 8.86. The van der Waals surface area contributed by atoms with Gasteiger partial charge in [0.25, 0.3) is 0 Å². The van der Waals surface area contributed by atoms with Crippen molar-refractivity contribution in [2.75, 3.05) is 13.6 Å². The summed E-state index contributed by atoms with van der Waals surface area (Å²) in [5.41, 5.74) is 1.33. The van der Waals surface area contributed by atoms with E-state index in [9.17, 15) is 5.11 Å². The van der Waals surface area contributed by atoms with E-state index in [-0.39, 0.29) is 6.10 Å². The van der Waals surface area contributed by atoms with Crippen LogP contribution in [0.1, 0.15) is 38.7 Å². The van der Waals surface area contributed by atoms with Crippen molar-refractivity contribution in [3.05, 3.63) is 34.3 Å². The van der Waals surface area contributed by atoms with E-state index in [2.05, 4.69) is 66.0 Å². The van der Waals surface area contributed by atoms with Gasteiger partial charge >= 0.3 is 0 Å². The molecule has 3 atom stereocenters. The van der Waals surface area contributed by atoms with Crippen molar-refractivity contribution in [2.24, 2.45) is 17.8 Å². The number of nitrogens with zero attached hydrogens (tertiary/aromatic N) is 1. The first-order chi connectivity index (χ1) is 9.95. The molecule has 0 aliphatic heterocycles. The van der Waals surface area contributed by atoms with Crippen LogP contribution in [0.4, 0.5) is 0 Å². The van der Waals surface area contributed by atoms with Gasteiger partial charge in [0.05, 0.1) is 6.10 Å². The summed E-state index contributed by atoms with van der Waals surface area (Å²) in [4.78, 5) is 2.35. The van der Waals surface area contributed by atoms with Gasteiger partial charge in [-0.05, 0) is 61.8 Å². The summed E-state index contributed by atoms with van der Waals surface area (Å²) in [6, 6.07) is 8.50. The molecule has 21 heavy (non-hydrogen) atoms. The molecule has 3 unspecified atom stereocenters. The Balaban J connectivity index is 1.88. The van der Waals surface area contributed by atoms with Gasteiger partial charge in [-0.25, -0.2) is 0 Å². The van der Waals surface area contributed by atoms with Crippen LogP contribution in [-0.4, -0.2) is 29.7 Å². The predicted molar refractivity (Wildman–Crippen MR) is 92.2 cm³/mol. The maximum atomic E-state index is 10.3. The Hall–Kier alpha value is -0.380. The van der Waals surface area contributed by atoms with Crippen molar-refractivity contribution in [1.29, 1.82) is 0 Å². The maximum absolute atomic E-state index is 10.3. The minimum Gasteiger partial charge on any atom is -0.393 e. The fourth-order valence-electron chi connectivity index (χ4n) is 3.45. The van der Waals surface area contributed by atoms with Gasteiger partial charge in [-0.2, -0.15) is 0 Å². The lowest BCUT2D eigenvalue weighted by Gasteiger charge is -2.37. The molecule has 2 nitrogen and oxygen atoms in total. The van der Waals surface area contributed by atoms with Gasteiger partial charge in [0, 0.05) is 17.6 Å². The van der Waals surface area contributed by atoms with Crippen LogP contribution in [-0.2, 0) is 6.54 Å². The second kappa shape index (κ2) is 7.75. The summed E-state index contributed by atoms with van der Waals surface area (Å²) in [5.74, 6) is 1.93. The molecule has 1 aromatic carbocycles. The molecule has 0 amide bonds. The van der Waals surface area contributed by atoms with Crippen molar-refractivity contribution in [1.82, 2.24) is 4.90 Å². The number of hydrogen-bond acceptors (Lipinski definition) is 2. The Morgan fingerprint density at radius 3 is 2.52 bits per heavy atom. The van der Waals surface area contributed by atoms with Crippen LogP contribution < -0.4 is 0 Å². The number of halogens is 1. The molecule has 1 N–H and O–H groups in total. The molecule has 118 valence electrons. The summed E-state index contributed by atoms with van der Waals surface area (Å²) in [7, 11) is 2.16. The van der Waals surface area contributed by atoms with Gasteiger partial charge in [-0.15, -0.1) is 0 Å². The molecule has 1 fully saturated rings. The molecule has 1 saturated carbocycles. The van der Waals surface area contributed by atoms with Crippen LogP contribution >= 0.6 is 15.9 Å². The molecular weight excluding hydrogens is 326 g/mol. The third-order valence-electron chi connectivity index (χ3n) is 4.84. The largest absolute Gasteiger partial charge is 0.393 e. The lowest BCUT2D eigenvalue weighted by Crippen LogP contribution is -2.38. The summed E-state index contributed by atoms with van der Waals surface area (Å²) in [6.07, 6.45) is 3.21. The van der Waals surface area contributed by atoms with E-state index in [0.29, 0.717) is 5.92 Å². The molecule has 2 rings (SSSR count). The summed E-state index contributed by atoms with van der Waals surface area (Å²) >= 11 is 3.47. The Kier molecular flexibility index (Phi) is 6.27. The van der Waals surface area contributed by atoms with Crippen molar-refractivity contribution < 1.29 is 5.11 Å². The van der Waals surface area contributed by atoms with E-state index in [0.717, 1.165) is 35.8 Å². The standard InChI is InChI=1S/C18H28BrNO/c1-13(2)15-6-9-18(21)16(10-15)12-20(3)11-14-4-7-17(19)8-5-14/h4-5,7-8,13,15-16,18,21H,6,9-12H2,1-3H3. The third-order valence-corrected chi connectivity index (χ3v) is 5.37. The predicted octanol–water partition coefficient (Wildman–Crippen LogP) is 4.31. The second-order valence-electron chi connectivity index (χ2n) is 6.97. The fraction of sp³-hybridized carbons (Fsp3) is 0.667. The number of hydrogen-bond donors (Lipinski definition) is 1. The molecule has 1 aliphatic rings. The monoisotopic (exact) mass is 353 g/mol. The van der Waals surface area contributed by atoms with Crippen molar-refractivity contribution in [3.63, 3.8) is 0 Å². The van der Waals surface area contributed by atoms with Gasteiger partial charge in [-0.1, -0.05) is 41.9 Å². The van der Waals surface area contributed by atoms with Crippen LogP contribution in [0.15, 0.2) is 28.7 Å². The average Bonchev–Trinajstić information content (AvgIpc) is 2.43. The number of aliphatic hydroxyl groups excluding tert-OH is 1. The molecule has 0 spiro atoms. The topological polar surface area (TPSA) is 23.5 Å². The lowest BCUT2D eigenvalue weighted by atomic mass is 9.74. The first-order valence-electron chi connectivity index (χ1n) is 8.06. The lowest BCUT2D eigenvalue weighted by molar-refractivity contribution is 0.0214. The molecule has 0 saturated heterocycles. The Morgan fingerprint density at radius 2 is 1.90 bits per heavy atom. The van der Waals surface area contributed by atoms with E-state index in [1.165, 1.54) is 18.4 Å². The molecule has 3 heteroatoms. The third kappa shape index (κ3) is 5.08. The van der Waals surface area contributed by atoms with Crippen molar-refractivity contribution in [2.45, 2.75) is 45.8 Å². The van der Waals surface area contributed by atoms with E-state index >= 15 is 0 Å². The maximum Gasteiger partial charge on any atom is 0.0580 e. The molecule has 1 aliphatic carbocycles. The quantitative estimate of drug-likeness (QED) is 0.852. The van der Waals surface area contributed by atoms with E-state index < -0.39 is 0 Å². The number of rotatable bonds is 5. The average molecular weight is 354 g/mol. The van der Waals surface area contributed by atoms with Gasteiger partial charge in [0.15, 0.2) is 0 Å². The Labute approximate surface area is 137 Å². The Bertz CT molecular complexity index is 431. The normalized spacial score (nSPS) is 26.5. The molecule has 0 bridgehead atoms. The highest BCUT2D eigenvalue weighted by molar-refractivity contribution is 9.10. The minimum absolute atomic E-state index is 0.118. The minimum atomic E-state index is -0.118. The molecule has 0 heterocycles. The fourth-order valence-corrected chi connectivity index (χ4v) is 3.72. The van der Waals surface area contributed by atoms with Crippen molar-refractivity contribution >= 4 is 15.9 Å². The number of benzene rings is 1. The van der Waals surface area contributed by atoms with Gasteiger partial charge in [-0.3, -0.25) is 0 Å². The van der Waals surface area contributed by atoms with Gasteiger partial charge in [0.1, 0.15) is 0 Å². The highest BCUT2D eigenvalue weighted by Gasteiger charge is 2.31. The summed E-state index contributed by atoms with van der Waals surface area (Å²) < 4.78 is 1.12. The Morgan fingerprint density at radius 1 is 1.24 bits per heavy atom. The summed E-state index contributed by atoms with van der Waals surface area (Å²) in [6.45, 7) is 6.55. The highest BCUT2D eigenvalue weighted by atomic mass is 79.9. The first kappa shape index (κ1) is 17.0. The van der Waals surface area contributed by atoms with Crippen LogP contribution in [0.3, 0.4) is 0 Å². The molecular formula is C18H28BrNO. The van der Waals surface area contributed by atoms with Crippen LogP contribution in [0, 0.1) is 17.8 Å². The van der Waals surface area contributed by atoms with Crippen LogP contribution in [0.25, 0.3) is 0 Å². The summed E-state index contributed by atoms with van der Waals surface area (Å²) in [5, 5.41) is 10.3. The van der Waals surface area contributed by atoms with E-state index in [4.69, 9.17) is 0 Å². The van der Waals surface area contributed by atoms with Gasteiger partial charge < -0.3 is 10.0 Å². The smallest absolute Gasteiger partial charge is 0.0580 e. The molecule has 0 aromatic heterocycles. The van der Waals surface area contributed by atoms with E-state index in [1.54, 1.807) is 0 Å². The second-order valence-corrected chi connectivity index (χ2v) is 7.88.